The summed E-state index contributed by atoms with van der Waals surface area (Å²) in [6.45, 7) is 7.39. The molecule has 7 rings (SSSR count). The molecule has 12 heteroatoms. The van der Waals surface area contributed by atoms with Crippen molar-refractivity contribution in [3.63, 3.8) is 0 Å². The Labute approximate surface area is 275 Å². The fourth-order valence-corrected chi connectivity index (χ4v) is 7.57. The molecule has 0 unspecified atom stereocenters. The molecule has 0 aliphatic carbocycles. The summed E-state index contributed by atoms with van der Waals surface area (Å²) in [5.41, 5.74) is 8.19. The highest BCUT2D eigenvalue weighted by Gasteiger charge is 2.28. The first kappa shape index (κ1) is 30.7. The van der Waals surface area contributed by atoms with E-state index in [4.69, 9.17) is 9.40 Å². The molecule has 5 aromatic rings. The van der Waals surface area contributed by atoms with E-state index in [9.17, 15) is 20.0 Å². The number of amides is 1. The first-order valence-corrected chi connectivity index (χ1v) is 16.3. The minimum atomic E-state index is -0.776. The Balaban J connectivity index is 1.16. The lowest BCUT2D eigenvalue weighted by molar-refractivity contribution is -0.141. The van der Waals surface area contributed by atoms with Crippen molar-refractivity contribution in [1.29, 1.82) is 5.26 Å². The maximum Gasteiger partial charge on any atom is 0.307 e. The Morgan fingerprint density at radius 2 is 1.96 bits per heavy atom. The van der Waals surface area contributed by atoms with Gasteiger partial charge in [-0.2, -0.15) is 5.26 Å². The van der Waals surface area contributed by atoms with Crippen molar-refractivity contribution in [3.05, 3.63) is 80.6 Å². The smallest absolute Gasteiger partial charge is 0.307 e. The number of hydrogen-bond donors (Lipinski definition) is 2. The lowest BCUT2D eigenvalue weighted by Crippen LogP contribution is -2.25. The van der Waals surface area contributed by atoms with Gasteiger partial charge in [0.05, 0.1) is 22.7 Å². The number of carboxylic acids is 1. The molecule has 1 atom stereocenters. The molecule has 0 bridgehead atoms. The zero-order valence-electron chi connectivity index (χ0n) is 26.3. The number of likely N-dealkylation sites (tertiary alicyclic amines) is 1. The molecule has 2 aliphatic rings. The zero-order chi connectivity index (χ0) is 32.8. The Bertz CT molecular complexity index is 2100. The van der Waals surface area contributed by atoms with E-state index in [1.165, 1.54) is 11.3 Å². The van der Waals surface area contributed by atoms with Crippen LogP contribution in [0.5, 0.6) is 0 Å². The number of nitriles is 1. The quantitative estimate of drug-likeness (QED) is 0.227. The summed E-state index contributed by atoms with van der Waals surface area (Å²) in [5.74, 6) is -1.02. The number of nitrogens with one attached hydrogen (secondary N) is 1. The fraction of sp³-hybridized carbons (Fsp3) is 0.314. The van der Waals surface area contributed by atoms with Crippen molar-refractivity contribution < 1.29 is 19.1 Å². The molecule has 5 heterocycles. The first-order valence-electron chi connectivity index (χ1n) is 15.5. The molecule has 1 saturated heterocycles. The van der Waals surface area contributed by atoms with Crippen LogP contribution < -0.4 is 5.32 Å². The molecular formula is C35H33N7O4S. The number of nitrogens with zero attached hydrogens (tertiary/aromatic N) is 6. The number of carbonyl (C=O) groups excluding carboxylic acids is 1. The maximum atomic E-state index is 13.3. The number of benzene rings is 2. The minimum absolute atomic E-state index is 0.221. The summed E-state index contributed by atoms with van der Waals surface area (Å²) >= 11 is 1.45. The number of aromatic nitrogens is 3. The topological polar surface area (TPSA) is 148 Å². The van der Waals surface area contributed by atoms with Crippen LogP contribution in [-0.4, -0.2) is 68.4 Å². The monoisotopic (exact) mass is 647 g/mol. The number of rotatable bonds is 7. The van der Waals surface area contributed by atoms with E-state index >= 15 is 0 Å². The summed E-state index contributed by atoms with van der Waals surface area (Å²) in [6, 6.07) is 11.7. The number of aliphatic carboxylic acids is 1. The molecule has 0 spiro atoms. The molecule has 2 aromatic carbocycles. The molecule has 0 radical (unpaired) electrons. The molecular weight excluding hydrogens is 614 g/mol. The van der Waals surface area contributed by atoms with E-state index in [2.05, 4.69) is 38.2 Å². The number of anilines is 1. The van der Waals surface area contributed by atoms with E-state index in [0.717, 1.165) is 57.9 Å². The lowest BCUT2D eigenvalue weighted by Gasteiger charge is -2.20. The van der Waals surface area contributed by atoms with Crippen LogP contribution in [0.1, 0.15) is 49.0 Å². The van der Waals surface area contributed by atoms with Gasteiger partial charge in [-0.25, -0.2) is 9.97 Å². The molecule has 238 valence electrons. The van der Waals surface area contributed by atoms with Gasteiger partial charge in [-0.05, 0) is 74.3 Å². The normalized spacial score (nSPS) is 16.7. The van der Waals surface area contributed by atoms with Crippen LogP contribution in [0, 0.1) is 31.1 Å². The Kier molecular flexibility index (Phi) is 8.05. The number of hydrogen-bond acceptors (Lipinski definition) is 10. The highest BCUT2D eigenvalue weighted by atomic mass is 32.1. The second kappa shape index (κ2) is 12.3. The van der Waals surface area contributed by atoms with Gasteiger partial charge in [0.15, 0.2) is 10.6 Å². The van der Waals surface area contributed by atoms with Gasteiger partial charge in [0.1, 0.15) is 11.6 Å². The van der Waals surface area contributed by atoms with Gasteiger partial charge >= 0.3 is 5.97 Å². The molecule has 3 aromatic heterocycles. The van der Waals surface area contributed by atoms with Crippen molar-refractivity contribution >= 4 is 40.0 Å². The predicted molar refractivity (Wildman–Crippen MR) is 178 cm³/mol. The van der Waals surface area contributed by atoms with Gasteiger partial charge in [0.2, 0.25) is 5.89 Å². The summed E-state index contributed by atoms with van der Waals surface area (Å²) in [6.07, 6.45) is 4.95. The first-order chi connectivity index (χ1) is 22.7. The summed E-state index contributed by atoms with van der Waals surface area (Å²) in [7, 11) is 2.07. The molecule has 1 fully saturated rings. The highest BCUT2D eigenvalue weighted by molar-refractivity contribution is 7.13. The van der Waals surface area contributed by atoms with Crippen LogP contribution in [0.2, 0.25) is 0 Å². The van der Waals surface area contributed by atoms with E-state index in [0.29, 0.717) is 64.9 Å². The molecule has 2 N–H and O–H groups in total. The molecule has 47 heavy (non-hydrogen) atoms. The third-order valence-corrected chi connectivity index (χ3v) is 10.2. The van der Waals surface area contributed by atoms with Crippen molar-refractivity contribution in [2.24, 2.45) is 5.92 Å². The molecule has 1 amide bonds. The van der Waals surface area contributed by atoms with Gasteiger partial charge in [0.25, 0.3) is 5.91 Å². The number of fused-ring (bicyclic) bond motifs is 2. The summed E-state index contributed by atoms with van der Waals surface area (Å²) in [5, 5.41) is 22.8. The third kappa shape index (κ3) is 5.89. The third-order valence-electron chi connectivity index (χ3n) is 9.13. The van der Waals surface area contributed by atoms with Gasteiger partial charge in [-0.3, -0.25) is 19.5 Å². The van der Waals surface area contributed by atoms with Gasteiger partial charge in [-0.1, -0.05) is 12.1 Å². The average molecular weight is 648 g/mol. The van der Waals surface area contributed by atoms with Crippen LogP contribution in [-0.2, 0) is 24.3 Å². The summed E-state index contributed by atoms with van der Waals surface area (Å²) < 4.78 is 6.19. The Morgan fingerprint density at radius 3 is 2.74 bits per heavy atom. The molecule has 0 saturated carbocycles. The van der Waals surface area contributed by atoms with Gasteiger partial charge < -0.3 is 19.7 Å². The van der Waals surface area contributed by atoms with Gasteiger partial charge in [0, 0.05) is 61.1 Å². The maximum absolute atomic E-state index is 13.3. The predicted octanol–water partition coefficient (Wildman–Crippen LogP) is 5.65. The average Bonchev–Trinajstić information content (AvgIpc) is 3.80. The number of likely N-dealkylation sites (N-methyl/N-ethyl adjacent to an activating group) is 1. The highest BCUT2D eigenvalue weighted by Crippen LogP contribution is 2.36. The van der Waals surface area contributed by atoms with Gasteiger partial charge in [-0.15, -0.1) is 11.3 Å². The molecule has 2 aliphatic heterocycles. The number of thiazole rings is 1. The van der Waals surface area contributed by atoms with Crippen molar-refractivity contribution in [2.45, 2.75) is 39.8 Å². The minimum Gasteiger partial charge on any atom is -0.481 e. The van der Waals surface area contributed by atoms with Crippen molar-refractivity contribution in [3.8, 4) is 28.7 Å². The zero-order valence-corrected chi connectivity index (χ0v) is 27.1. The Hall–Kier alpha value is -4.96. The largest absolute Gasteiger partial charge is 0.481 e. The lowest BCUT2D eigenvalue weighted by atomic mass is 9.95. The second-order valence-electron chi connectivity index (χ2n) is 12.3. The van der Waals surface area contributed by atoms with Crippen LogP contribution in [0.25, 0.3) is 33.7 Å². The number of oxazole rings is 1. The van der Waals surface area contributed by atoms with Crippen molar-refractivity contribution in [1.82, 2.24) is 24.8 Å². The van der Waals surface area contributed by atoms with Crippen molar-refractivity contribution in [2.75, 3.05) is 32.0 Å². The number of pyridine rings is 1. The van der Waals surface area contributed by atoms with Crippen LogP contribution in [0.4, 0.5) is 5.69 Å². The van der Waals surface area contributed by atoms with Crippen LogP contribution >= 0.6 is 11.3 Å². The number of carboxylic acid groups (broad SMARTS) is 1. The Morgan fingerprint density at radius 1 is 1.13 bits per heavy atom. The second-order valence-corrected chi connectivity index (χ2v) is 13.4. The number of carbonyl (C=O) groups is 2. The standard InChI is InChI=1S/C35H33N7O4S/c1-19-25(24-5-4-6-27(20(24)2)38-32(43)34-40-28-8-9-41(3)18-30(28)47-34)14-37-15-26(19)33-39-29-12-21(11-23(13-36)31(29)46-33)16-42-10-7-22(17-42)35(44)45/h4-6,11-12,14-15,22H,7-10,16-18H2,1-3H3,(H,38,43)(H,44,45)/t22-/m1/s1. The van der Waals surface area contributed by atoms with E-state index in [-0.39, 0.29) is 11.8 Å². The van der Waals surface area contributed by atoms with E-state index < -0.39 is 5.97 Å². The fourth-order valence-electron chi connectivity index (χ4n) is 6.49. The van der Waals surface area contributed by atoms with E-state index in [1.54, 1.807) is 18.5 Å². The van der Waals surface area contributed by atoms with Crippen LogP contribution in [0.15, 0.2) is 47.1 Å². The SMILES string of the molecule is Cc1c(NC(=O)c2nc3c(s2)CN(C)CC3)cccc1-c1cncc(-c2nc3cc(CN4CC[C@@H](C(=O)O)C4)cc(C#N)c3o2)c1C. The van der Waals surface area contributed by atoms with E-state index in [1.807, 2.05) is 38.1 Å². The molecule has 11 nitrogen and oxygen atoms in total. The van der Waals surface area contributed by atoms with Crippen LogP contribution in [0.3, 0.4) is 0 Å². The summed E-state index contributed by atoms with van der Waals surface area (Å²) in [4.78, 5) is 44.1.